The van der Waals surface area contributed by atoms with E-state index in [0.717, 1.165) is 46.7 Å². The molecule has 3 atom stereocenters. The minimum absolute atomic E-state index is 0.00799. The lowest BCUT2D eigenvalue weighted by Gasteiger charge is -2.40. The number of nitrogens with two attached hydrogens (primary N) is 1. The molecule has 0 bridgehead atoms. The van der Waals surface area contributed by atoms with Crippen molar-refractivity contribution >= 4 is 39.3 Å². The van der Waals surface area contributed by atoms with Crippen molar-refractivity contribution in [2.75, 3.05) is 18.1 Å². The highest BCUT2D eigenvalue weighted by Crippen LogP contribution is 2.44. The molecule has 2 saturated heterocycles. The van der Waals surface area contributed by atoms with Crippen LogP contribution in [0.15, 0.2) is 22.7 Å². The van der Waals surface area contributed by atoms with E-state index in [1.54, 1.807) is 0 Å². The van der Waals surface area contributed by atoms with Crippen LogP contribution in [0.2, 0.25) is 5.02 Å². The summed E-state index contributed by atoms with van der Waals surface area (Å²) in [5, 5.41) is 0.766. The molecule has 2 aliphatic heterocycles. The third kappa shape index (κ3) is 3.05. The maximum Gasteiger partial charge on any atom is 0.0783 e. The molecule has 2 fully saturated rings. The first-order chi connectivity index (χ1) is 9.60. The predicted molar refractivity (Wildman–Crippen MR) is 89.4 cm³/mol. The maximum atomic E-state index is 6.52. The average molecular weight is 377 g/mol. The highest BCUT2D eigenvalue weighted by atomic mass is 79.9. The summed E-state index contributed by atoms with van der Waals surface area (Å²) in [5.74, 6) is 2.77. The summed E-state index contributed by atoms with van der Waals surface area (Å²) < 4.78 is 7.11. The number of hydrogen-bond donors (Lipinski definition) is 1. The van der Waals surface area contributed by atoms with Crippen LogP contribution < -0.4 is 5.73 Å². The lowest BCUT2D eigenvalue weighted by Crippen LogP contribution is -2.42. The van der Waals surface area contributed by atoms with Crippen LogP contribution >= 0.6 is 39.3 Å². The molecule has 1 aromatic carbocycles. The highest BCUT2D eigenvalue weighted by Gasteiger charge is 2.42. The molecule has 0 radical (unpaired) electrons. The van der Waals surface area contributed by atoms with Crippen LogP contribution in [0.4, 0.5) is 0 Å². The molecule has 2 heterocycles. The molecular weight excluding hydrogens is 358 g/mol. The zero-order valence-corrected chi connectivity index (χ0v) is 14.4. The molecule has 3 rings (SSSR count). The fourth-order valence-corrected chi connectivity index (χ4v) is 5.26. The monoisotopic (exact) mass is 375 g/mol. The smallest absolute Gasteiger partial charge is 0.0783 e. The Balaban J connectivity index is 1.79. The van der Waals surface area contributed by atoms with Gasteiger partial charge in [-0.1, -0.05) is 27.5 Å². The molecule has 1 aromatic rings. The van der Waals surface area contributed by atoms with E-state index in [0.29, 0.717) is 5.92 Å². The van der Waals surface area contributed by atoms with Crippen LogP contribution in [0.25, 0.3) is 0 Å². The number of thioether (sulfide) groups is 1. The van der Waals surface area contributed by atoms with E-state index in [1.165, 1.54) is 5.75 Å². The minimum atomic E-state index is -0.00799. The number of halogens is 2. The second-order valence-electron chi connectivity index (χ2n) is 5.78. The second-order valence-corrected chi connectivity index (χ2v) is 8.21. The van der Waals surface area contributed by atoms with Gasteiger partial charge in [0, 0.05) is 27.9 Å². The maximum absolute atomic E-state index is 6.52. The van der Waals surface area contributed by atoms with Crippen molar-refractivity contribution in [3.05, 3.63) is 33.3 Å². The fraction of sp³-hybridized carbons (Fsp3) is 0.600. The molecular formula is C15H19BrClNOS. The van der Waals surface area contributed by atoms with Gasteiger partial charge in [0.25, 0.3) is 0 Å². The van der Waals surface area contributed by atoms with Gasteiger partial charge in [-0.2, -0.15) is 11.8 Å². The Bertz CT molecular complexity index is 493. The Morgan fingerprint density at radius 3 is 3.10 bits per heavy atom. The Labute approximate surface area is 137 Å². The van der Waals surface area contributed by atoms with Gasteiger partial charge in [0.05, 0.1) is 5.60 Å². The first kappa shape index (κ1) is 15.2. The lowest BCUT2D eigenvalue weighted by molar-refractivity contribution is -0.0834. The summed E-state index contributed by atoms with van der Waals surface area (Å²) in [5.41, 5.74) is 7.65. The number of hydrogen-bond acceptors (Lipinski definition) is 3. The van der Waals surface area contributed by atoms with Crippen LogP contribution in [0.1, 0.15) is 30.9 Å². The van der Waals surface area contributed by atoms with Crippen molar-refractivity contribution in [3.8, 4) is 0 Å². The van der Waals surface area contributed by atoms with Gasteiger partial charge in [0.2, 0.25) is 0 Å². The number of rotatable bonds is 2. The number of ether oxygens (including phenoxy) is 1. The highest BCUT2D eigenvalue weighted by molar-refractivity contribution is 9.10. The fourth-order valence-electron chi connectivity index (χ4n) is 3.26. The van der Waals surface area contributed by atoms with Crippen molar-refractivity contribution in [3.63, 3.8) is 0 Å². The lowest BCUT2D eigenvalue weighted by atomic mass is 9.79. The molecule has 110 valence electrons. The van der Waals surface area contributed by atoms with Crippen molar-refractivity contribution < 1.29 is 4.74 Å². The molecule has 2 nitrogen and oxygen atoms in total. The van der Waals surface area contributed by atoms with E-state index >= 15 is 0 Å². The summed E-state index contributed by atoms with van der Waals surface area (Å²) in [6, 6.07) is 5.92. The molecule has 2 aliphatic rings. The topological polar surface area (TPSA) is 35.2 Å². The third-order valence-electron chi connectivity index (χ3n) is 4.42. The van der Waals surface area contributed by atoms with Gasteiger partial charge in [-0.25, -0.2) is 0 Å². The number of benzene rings is 1. The molecule has 1 spiro atoms. The third-order valence-corrected chi connectivity index (χ3v) is 6.48. The largest absolute Gasteiger partial charge is 0.374 e. The SMILES string of the molecule is NC(c1cc(Br)ccc1Cl)C1CCOC2(CCSC2)C1. The van der Waals surface area contributed by atoms with E-state index in [4.69, 9.17) is 22.1 Å². The van der Waals surface area contributed by atoms with Crippen molar-refractivity contribution in [2.45, 2.75) is 30.9 Å². The molecule has 5 heteroatoms. The van der Waals surface area contributed by atoms with Gasteiger partial charge in [0.15, 0.2) is 0 Å². The van der Waals surface area contributed by atoms with Gasteiger partial charge in [-0.3, -0.25) is 0 Å². The molecule has 0 aliphatic carbocycles. The van der Waals surface area contributed by atoms with E-state index < -0.39 is 0 Å². The van der Waals surface area contributed by atoms with Crippen molar-refractivity contribution in [1.29, 1.82) is 0 Å². The summed E-state index contributed by atoms with van der Waals surface area (Å²) >= 11 is 11.8. The Morgan fingerprint density at radius 2 is 2.35 bits per heavy atom. The Morgan fingerprint density at radius 1 is 1.50 bits per heavy atom. The summed E-state index contributed by atoms with van der Waals surface area (Å²) in [6.07, 6.45) is 3.24. The molecule has 0 amide bonds. The predicted octanol–water partition coefficient (Wildman–Crippen LogP) is 4.40. The summed E-state index contributed by atoms with van der Waals surface area (Å²) in [4.78, 5) is 0. The van der Waals surface area contributed by atoms with Gasteiger partial charge in [0.1, 0.15) is 0 Å². The van der Waals surface area contributed by atoms with E-state index in [1.807, 2.05) is 23.9 Å². The standard InChI is InChI=1S/C15H19BrClNOS/c16-11-1-2-13(17)12(7-11)14(18)10-3-5-19-15(8-10)4-6-20-9-15/h1-2,7,10,14H,3-6,8-9,18H2. The molecule has 0 saturated carbocycles. The van der Waals surface area contributed by atoms with E-state index in [-0.39, 0.29) is 11.6 Å². The second kappa shape index (κ2) is 6.17. The molecule has 0 aromatic heterocycles. The zero-order chi connectivity index (χ0) is 14.2. The van der Waals surface area contributed by atoms with Crippen LogP contribution in [0, 0.1) is 5.92 Å². The van der Waals surface area contributed by atoms with Crippen LogP contribution in [-0.4, -0.2) is 23.7 Å². The summed E-state index contributed by atoms with van der Waals surface area (Å²) in [6.45, 7) is 0.824. The zero-order valence-electron chi connectivity index (χ0n) is 11.3. The normalized spacial score (nSPS) is 31.6. The van der Waals surface area contributed by atoms with Crippen LogP contribution in [0.5, 0.6) is 0 Å². The van der Waals surface area contributed by atoms with Gasteiger partial charge >= 0.3 is 0 Å². The van der Waals surface area contributed by atoms with Crippen LogP contribution in [-0.2, 0) is 4.74 Å². The van der Waals surface area contributed by atoms with E-state index in [2.05, 4.69) is 22.0 Å². The van der Waals surface area contributed by atoms with E-state index in [9.17, 15) is 0 Å². The first-order valence-electron chi connectivity index (χ1n) is 7.02. The van der Waals surface area contributed by atoms with Crippen LogP contribution in [0.3, 0.4) is 0 Å². The molecule has 2 N–H and O–H groups in total. The van der Waals surface area contributed by atoms with Crippen molar-refractivity contribution in [1.82, 2.24) is 0 Å². The Hall–Kier alpha value is 0.260. The van der Waals surface area contributed by atoms with Gasteiger partial charge in [-0.05, 0) is 54.7 Å². The minimum Gasteiger partial charge on any atom is -0.374 e. The van der Waals surface area contributed by atoms with Gasteiger partial charge < -0.3 is 10.5 Å². The van der Waals surface area contributed by atoms with Crippen molar-refractivity contribution in [2.24, 2.45) is 11.7 Å². The molecule has 20 heavy (non-hydrogen) atoms. The first-order valence-corrected chi connectivity index (χ1v) is 9.34. The summed E-state index contributed by atoms with van der Waals surface area (Å²) in [7, 11) is 0. The Kier molecular flexibility index (Phi) is 4.68. The molecule has 3 unspecified atom stereocenters. The quantitative estimate of drug-likeness (QED) is 0.830. The van der Waals surface area contributed by atoms with Gasteiger partial charge in [-0.15, -0.1) is 0 Å². The average Bonchev–Trinajstić information content (AvgIpc) is 2.88.